The standard InChI is InChI=1S/C31H39F3N4O6S/c1-21-17-23(28(39)40)4-3-22(21)5-16-45-38-9-6-30(7-10-38)29(41)36-27(37-30)24-18-25(31(32,33)34)20-26(19-24)44-15-14-43-13-12-42-11-8-35-2/h3-4,17-20,35H,5-16H2,1-2H3,(H,39,40)(H,36,37,41). The zero-order valence-electron chi connectivity index (χ0n) is 25.4. The molecule has 0 atom stereocenters. The summed E-state index contributed by atoms with van der Waals surface area (Å²) in [5.74, 6) is -0.382. The number of alkyl halides is 3. The number of carbonyl (C=O) groups excluding carboxylic acids is 1. The molecule has 0 aliphatic carbocycles. The van der Waals surface area contributed by atoms with Gasteiger partial charge in [0, 0.05) is 31.0 Å². The van der Waals surface area contributed by atoms with Crippen LogP contribution in [0.5, 0.6) is 5.75 Å². The van der Waals surface area contributed by atoms with Crippen molar-refractivity contribution in [2.75, 3.05) is 65.5 Å². The molecule has 3 N–H and O–H groups in total. The van der Waals surface area contributed by atoms with E-state index in [0.29, 0.717) is 45.8 Å². The van der Waals surface area contributed by atoms with Crippen molar-refractivity contribution in [3.63, 3.8) is 0 Å². The van der Waals surface area contributed by atoms with Gasteiger partial charge in [0.15, 0.2) is 0 Å². The van der Waals surface area contributed by atoms with Gasteiger partial charge in [-0.2, -0.15) is 13.2 Å². The van der Waals surface area contributed by atoms with Gasteiger partial charge in [-0.05, 0) is 74.7 Å². The van der Waals surface area contributed by atoms with Crippen LogP contribution < -0.4 is 15.4 Å². The van der Waals surface area contributed by atoms with Gasteiger partial charge in [0.25, 0.3) is 5.91 Å². The van der Waals surface area contributed by atoms with Gasteiger partial charge in [0.2, 0.25) is 0 Å². The van der Waals surface area contributed by atoms with E-state index in [1.807, 2.05) is 20.0 Å². The number of hydrogen-bond donors (Lipinski definition) is 3. The van der Waals surface area contributed by atoms with Crippen LogP contribution in [0.2, 0.25) is 0 Å². The molecule has 2 aliphatic heterocycles. The van der Waals surface area contributed by atoms with Crippen molar-refractivity contribution in [3.05, 3.63) is 64.2 Å². The number of carboxylic acid groups (broad SMARTS) is 1. The summed E-state index contributed by atoms with van der Waals surface area (Å²) in [6.45, 7) is 5.29. The monoisotopic (exact) mass is 652 g/mol. The number of benzene rings is 2. The van der Waals surface area contributed by atoms with Crippen molar-refractivity contribution in [1.29, 1.82) is 0 Å². The number of nitrogens with zero attached hydrogens (tertiary/aromatic N) is 2. The van der Waals surface area contributed by atoms with Gasteiger partial charge < -0.3 is 30.0 Å². The first-order valence-electron chi connectivity index (χ1n) is 14.8. The van der Waals surface area contributed by atoms with Crippen LogP contribution in [0.1, 0.15) is 45.5 Å². The summed E-state index contributed by atoms with van der Waals surface area (Å²) in [5.41, 5.74) is 0.462. The number of carbonyl (C=O) groups is 2. The quantitative estimate of drug-likeness (QED) is 0.183. The summed E-state index contributed by atoms with van der Waals surface area (Å²) < 4.78 is 59.8. The first-order valence-corrected chi connectivity index (χ1v) is 15.7. The number of amides is 1. The molecule has 1 spiro atoms. The average molecular weight is 653 g/mol. The molecule has 4 rings (SSSR count). The summed E-state index contributed by atoms with van der Waals surface area (Å²) in [6.07, 6.45) is -2.99. The number of hydrogen-bond acceptors (Lipinski definition) is 9. The van der Waals surface area contributed by atoms with Gasteiger partial charge in [-0.3, -0.25) is 14.1 Å². The van der Waals surface area contributed by atoms with E-state index in [9.17, 15) is 22.8 Å². The number of halogens is 3. The van der Waals surface area contributed by atoms with Gasteiger partial charge >= 0.3 is 12.1 Å². The molecular formula is C31H39F3N4O6S. The highest BCUT2D eigenvalue weighted by atomic mass is 32.2. The number of piperidine rings is 1. The highest BCUT2D eigenvalue weighted by Gasteiger charge is 2.46. The van der Waals surface area contributed by atoms with Crippen molar-refractivity contribution in [2.45, 2.75) is 37.9 Å². The van der Waals surface area contributed by atoms with E-state index in [1.165, 1.54) is 6.07 Å². The summed E-state index contributed by atoms with van der Waals surface area (Å²) in [5, 5.41) is 14.8. The van der Waals surface area contributed by atoms with Crippen molar-refractivity contribution in [3.8, 4) is 5.75 Å². The fourth-order valence-corrected chi connectivity index (χ4v) is 6.08. The van der Waals surface area contributed by atoms with Gasteiger partial charge in [0.05, 0.1) is 37.6 Å². The fourth-order valence-electron chi connectivity index (χ4n) is 5.07. The maximum atomic E-state index is 13.7. The number of likely N-dealkylation sites (N-methyl/N-ethyl adjacent to an activating group) is 1. The van der Waals surface area contributed by atoms with Crippen LogP contribution in [0.4, 0.5) is 13.2 Å². The number of ether oxygens (including phenoxy) is 3. The molecular weight excluding hydrogens is 613 g/mol. The number of aryl methyl sites for hydroxylation is 2. The Morgan fingerprint density at radius 2 is 1.80 bits per heavy atom. The van der Waals surface area contributed by atoms with Crippen LogP contribution in [-0.4, -0.2) is 98.1 Å². The average Bonchev–Trinajstić information content (AvgIpc) is 3.32. The third-order valence-electron chi connectivity index (χ3n) is 7.64. The Balaban J connectivity index is 1.32. The number of amidine groups is 1. The lowest BCUT2D eigenvalue weighted by Gasteiger charge is -2.34. The minimum absolute atomic E-state index is 0.00523. The summed E-state index contributed by atoms with van der Waals surface area (Å²) in [6, 6.07) is 8.46. The Morgan fingerprint density at radius 3 is 2.47 bits per heavy atom. The molecule has 2 heterocycles. The minimum atomic E-state index is -4.62. The molecule has 0 bridgehead atoms. The molecule has 0 unspecified atom stereocenters. The Morgan fingerprint density at radius 1 is 1.09 bits per heavy atom. The molecule has 1 fully saturated rings. The number of nitrogens with one attached hydrogen (secondary N) is 2. The van der Waals surface area contributed by atoms with Crippen LogP contribution in [-0.2, 0) is 26.9 Å². The molecule has 2 aliphatic rings. The molecule has 1 saturated heterocycles. The Bertz CT molecular complexity index is 1370. The van der Waals surface area contributed by atoms with Crippen molar-refractivity contribution in [2.24, 2.45) is 4.99 Å². The zero-order chi connectivity index (χ0) is 32.5. The molecule has 2 aromatic rings. The van der Waals surface area contributed by atoms with E-state index in [2.05, 4.69) is 19.9 Å². The molecule has 10 nitrogen and oxygen atoms in total. The molecule has 14 heteroatoms. The van der Waals surface area contributed by atoms with E-state index < -0.39 is 23.2 Å². The lowest BCUT2D eigenvalue weighted by Crippen LogP contribution is -2.47. The van der Waals surface area contributed by atoms with Gasteiger partial charge in [0.1, 0.15) is 23.7 Å². The highest BCUT2D eigenvalue weighted by Crippen LogP contribution is 2.36. The van der Waals surface area contributed by atoms with Crippen molar-refractivity contribution in [1.82, 2.24) is 14.9 Å². The molecule has 0 radical (unpaired) electrons. The highest BCUT2D eigenvalue weighted by molar-refractivity contribution is 7.97. The van der Waals surface area contributed by atoms with Gasteiger partial charge in [-0.25, -0.2) is 4.79 Å². The van der Waals surface area contributed by atoms with Crippen LogP contribution in [0.25, 0.3) is 0 Å². The number of aliphatic imine (C=N–C) groups is 1. The van der Waals surface area contributed by atoms with E-state index in [4.69, 9.17) is 19.3 Å². The van der Waals surface area contributed by atoms with Gasteiger partial charge in [-0.1, -0.05) is 18.0 Å². The second-order valence-electron chi connectivity index (χ2n) is 10.8. The first kappa shape index (κ1) is 34.7. The lowest BCUT2D eigenvalue weighted by molar-refractivity contribution is -0.137. The molecule has 2 aromatic carbocycles. The van der Waals surface area contributed by atoms with Gasteiger partial charge in [-0.15, -0.1) is 0 Å². The maximum absolute atomic E-state index is 13.7. The van der Waals surface area contributed by atoms with Crippen LogP contribution in [0, 0.1) is 6.92 Å². The molecule has 0 saturated carbocycles. The number of aromatic carboxylic acids is 1. The van der Waals surface area contributed by atoms with Crippen LogP contribution in [0.15, 0.2) is 41.4 Å². The van der Waals surface area contributed by atoms with Crippen molar-refractivity contribution < 1.29 is 42.1 Å². The Labute approximate surface area is 264 Å². The summed E-state index contributed by atoms with van der Waals surface area (Å²) in [7, 11) is 1.82. The normalized spacial score (nSPS) is 16.6. The minimum Gasteiger partial charge on any atom is -0.491 e. The number of carboxylic acids is 1. The third kappa shape index (κ3) is 9.66. The van der Waals surface area contributed by atoms with Crippen LogP contribution in [0.3, 0.4) is 0 Å². The maximum Gasteiger partial charge on any atom is 0.416 e. The van der Waals surface area contributed by atoms with E-state index in [1.54, 1.807) is 24.1 Å². The first-order chi connectivity index (χ1) is 21.5. The lowest BCUT2D eigenvalue weighted by atomic mass is 9.89. The molecule has 246 valence electrons. The molecule has 45 heavy (non-hydrogen) atoms. The van der Waals surface area contributed by atoms with Crippen molar-refractivity contribution >= 4 is 29.7 Å². The van der Waals surface area contributed by atoms with E-state index in [0.717, 1.165) is 42.0 Å². The fraction of sp³-hybridized carbons (Fsp3) is 0.516. The largest absolute Gasteiger partial charge is 0.491 e. The molecule has 0 aromatic heterocycles. The SMILES string of the molecule is CNCCOCCOCCOc1cc(C2=NC3(CCN(SCCc4ccc(C(=O)O)cc4C)CC3)C(=O)N2)cc(C(F)(F)F)c1. The summed E-state index contributed by atoms with van der Waals surface area (Å²) in [4.78, 5) is 28.9. The second-order valence-corrected chi connectivity index (χ2v) is 12.0. The Hall–Kier alpha value is -3.17. The van der Waals surface area contributed by atoms with E-state index >= 15 is 0 Å². The second kappa shape index (κ2) is 15.9. The molecule has 1 amide bonds. The zero-order valence-corrected chi connectivity index (χ0v) is 26.2. The topological polar surface area (TPSA) is 122 Å². The predicted molar refractivity (Wildman–Crippen MR) is 165 cm³/mol. The summed E-state index contributed by atoms with van der Waals surface area (Å²) >= 11 is 1.65. The van der Waals surface area contributed by atoms with Crippen LogP contribution >= 0.6 is 11.9 Å². The third-order valence-corrected chi connectivity index (χ3v) is 8.75. The predicted octanol–water partition coefficient (Wildman–Crippen LogP) is 3.95. The van der Waals surface area contributed by atoms with E-state index in [-0.39, 0.29) is 41.8 Å². The Kier molecular flexibility index (Phi) is 12.3. The number of rotatable bonds is 16. The smallest absolute Gasteiger partial charge is 0.416 e.